The molecule has 2 aromatic carbocycles. The fourth-order valence-electron chi connectivity index (χ4n) is 2.45. The summed E-state index contributed by atoms with van der Waals surface area (Å²) in [6.45, 7) is 0. The number of sulfonamides is 1. The number of benzene rings is 2. The zero-order valence-electron chi connectivity index (χ0n) is 14.8. The number of amides is 1. The van der Waals surface area contributed by atoms with Gasteiger partial charge >= 0.3 is 0 Å². The topological polar surface area (TPSA) is 93.7 Å². The average molecular weight is 411 g/mol. The maximum Gasteiger partial charge on any atom is 0.255 e. The van der Waals surface area contributed by atoms with Crippen LogP contribution >= 0.6 is 11.6 Å². The highest BCUT2D eigenvalue weighted by atomic mass is 35.5. The molecule has 0 spiro atoms. The second kappa shape index (κ2) is 7.75. The van der Waals surface area contributed by atoms with Crippen molar-refractivity contribution in [2.75, 3.05) is 19.5 Å². The minimum absolute atomic E-state index is 0.0156. The average Bonchev–Trinajstić information content (AvgIpc) is 3.45. The van der Waals surface area contributed by atoms with E-state index in [1.807, 2.05) is 0 Å². The summed E-state index contributed by atoms with van der Waals surface area (Å²) in [5.74, 6) is 0.285. The lowest BCUT2D eigenvalue weighted by Crippen LogP contribution is -2.26. The lowest BCUT2D eigenvalue weighted by molar-refractivity contribution is 0.102. The van der Waals surface area contributed by atoms with Crippen molar-refractivity contribution < 1.29 is 22.7 Å². The second-order valence-electron chi connectivity index (χ2n) is 6.06. The molecule has 1 fully saturated rings. The van der Waals surface area contributed by atoms with Gasteiger partial charge in [0.1, 0.15) is 11.5 Å². The summed E-state index contributed by atoms with van der Waals surface area (Å²) < 4.78 is 37.6. The summed E-state index contributed by atoms with van der Waals surface area (Å²) in [5.41, 5.74) is 0.542. The van der Waals surface area contributed by atoms with Gasteiger partial charge in [0.2, 0.25) is 10.0 Å². The number of rotatable bonds is 7. The van der Waals surface area contributed by atoms with Crippen LogP contribution in [0.25, 0.3) is 0 Å². The Morgan fingerprint density at radius 2 is 1.81 bits per heavy atom. The predicted molar refractivity (Wildman–Crippen MR) is 102 cm³/mol. The van der Waals surface area contributed by atoms with Gasteiger partial charge in [0.15, 0.2) is 0 Å². The number of hydrogen-bond donors (Lipinski definition) is 2. The van der Waals surface area contributed by atoms with Crippen molar-refractivity contribution in [2.45, 2.75) is 23.8 Å². The van der Waals surface area contributed by atoms with Crippen LogP contribution in [0.2, 0.25) is 5.02 Å². The first-order valence-corrected chi connectivity index (χ1v) is 10.1. The van der Waals surface area contributed by atoms with Crippen LogP contribution < -0.4 is 19.5 Å². The van der Waals surface area contributed by atoms with Crippen molar-refractivity contribution in [1.29, 1.82) is 0 Å². The van der Waals surface area contributed by atoms with Crippen LogP contribution in [0.15, 0.2) is 41.3 Å². The number of halogens is 1. The fourth-order valence-corrected chi connectivity index (χ4v) is 4.04. The highest BCUT2D eigenvalue weighted by Gasteiger charge is 2.28. The van der Waals surface area contributed by atoms with Crippen LogP contribution in [0.1, 0.15) is 23.2 Å². The zero-order valence-corrected chi connectivity index (χ0v) is 16.4. The van der Waals surface area contributed by atoms with Gasteiger partial charge in [-0.05, 0) is 37.1 Å². The molecule has 0 bridgehead atoms. The van der Waals surface area contributed by atoms with Gasteiger partial charge in [-0.2, -0.15) is 0 Å². The van der Waals surface area contributed by atoms with E-state index < -0.39 is 15.9 Å². The van der Waals surface area contributed by atoms with Gasteiger partial charge < -0.3 is 14.8 Å². The predicted octanol–water partition coefficient (Wildman–Crippen LogP) is 3.05. The second-order valence-corrected chi connectivity index (χ2v) is 8.19. The minimum atomic E-state index is -3.65. The molecule has 2 N–H and O–H groups in total. The van der Waals surface area contributed by atoms with E-state index in [2.05, 4.69) is 10.0 Å². The van der Waals surface area contributed by atoms with Crippen molar-refractivity contribution in [2.24, 2.45) is 0 Å². The van der Waals surface area contributed by atoms with Crippen LogP contribution in [0.4, 0.5) is 5.69 Å². The largest absolute Gasteiger partial charge is 0.495 e. The Morgan fingerprint density at radius 1 is 1.11 bits per heavy atom. The highest BCUT2D eigenvalue weighted by molar-refractivity contribution is 7.89. The number of methoxy groups -OCH3 is 2. The van der Waals surface area contributed by atoms with E-state index in [4.69, 9.17) is 21.1 Å². The van der Waals surface area contributed by atoms with Crippen LogP contribution in [0.5, 0.6) is 11.5 Å². The van der Waals surface area contributed by atoms with Gasteiger partial charge in [0.05, 0.1) is 29.8 Å². The molecule has 1 amide bonds. The number of carbonyl (C=O) groups is 1. The first kappa shape index (κ1) is 19.5. The van der Waals surface area contributed by atoms with Gasteiger partial charge in [-0.25, -0.2) is 13.1 Å². The van der Waals surface area contributed by atoms with Gasteiger partial charge in [-0.3, -0.25) is 4.79 Å². The van der Waals surface area contributed by atoms with Crippen molar-refractivity contribution in [3.63, 3.8) is 0 Å². The van der Waals surface area contributed by atoms with Gasteiger partial charge in [-0.1, -0.05) is 17.7 Å². The van der Waals surface area contributed by atoms with Crippen molar-refractivity contribution in [3.8, 4) is 11.5 Å². The summed E-state index contributed by atoms with van der Waals surface area (Å²) in [7, 11) is -0.721. The fraction of sp³-hybridized carbons (Fsp3) is 0.278. The monoisotopic (exact) mass is 410 g/mol. The molecule has 0 atom stereocenters. The van der Waals surface area contributed by atoms with E-state index >= 15 is 0 Å². The van der Waals surface area contributed by atoms with E-state index in [1.54, 1.807) is 6.07 Å². The van der Waals surface area contributed by atoms with Crippen LogP contribution in [0, 0.1) is 0 Å². The minimum Gasteiger partial charge on any atom is -0.495 e. The molecule has 0 radical (unpaired) electrons. The van der Waals surface area contributed by atoms with Crippen molar-refractivity contribution in [1.82, 2.24) is 4.72 Å². The van der Waals surface area contributed by atoms with E-state index in [1.165, 1.54) is 44.6 Å². The molecule has 3 rings (SSSR count). The summed E-state index contributed by atoms with van der Waals surface area (Å²) in [5, 5.41) is 2.99. The molecule has 2 aromatic rings. The van der Waals surface area contributed by atoms with E-state index in [0.29, 0.717) is 22.2 Å². The Labute approximate surface area is 162 Å². The maximum absolute atomic E-state index is 12.6. The summed E-state index contributed by atoms with van der Waals surface area (Å²) in [6.07, 6.45) is 1.66. The Hall–Kier alpha value is -2.29. The molecule has 7 nitrogen and oxygen atoms in total. The zero-order chi connectivity index (χ0) is 19.6. The molecule has 0 saturated heterocycles. The van der Waals surface area contributed by atoms with Crippen LogP contribution in [-0.2, 0) is 10.0 Å². The number of hydrogen-bond acceptors (Lipinski definition) is 5. The quantitative estimate of drug-likeness (QED) is 0.731. The van der Waals surface area contributed by atoms with Crippen LogP contribution in [0.3, 0.4) is 0 Å². The molecule has 1 saturated carbocycles. The SMILES string of the molecule is COc1cc(OC)c(NC(=O)c2cccc(S(=O)(=O)NC3CC3)c2)cc1Cl. The first-order valence-electron chi connectivity index (χ1n) is 8.19. The molecular formula is C18H19ClN2O5S. The molecule has 0 aromatic heterocycles. The van der Waals surface area contributed by atoms with E-state index in [9.17, 15) is 13.2 Å². The third kappa shape index (κ3) is 4.52. The number of nitrogens with one attached hydrogen (secondary N) is 2. The Balaban J connectivity index is 1.85. The number of ether oxygens (including phenoxy) is 2. The standard InChI is InChI=1S/C18H19ClN2O5S/c1-25-16-10-17(26-2)15(9-14(16)19)20-18(22)11-4-3-5-13(8-11)27(23,24)21-12-6-7-12/h3-5,8-10,12,21H,6-7H2,1-2H3,(H,20,22). The Bertz CT molecular complexity index is 974. The lowest BCUT2D eigenvalue weighted by Gasteiger charge is -2.13. The number of anilines is 1. The summed E-state index contributed by atoms with van der Waals surface area (Å²) in [4.78, 5) is 12.6. The lowest BCUT2D eigenvalue weighted by atomic mass is 10.2. The Morgan fingerprint density at radius 3 is 2.44 bits per heavy atom. The first-order chi connectivity index (χ1) is 12.8. The van der Waals surface area contributed by atoms with E-state index in [0.717, 1.165) is 12.8 Å². The maximum atomic E-state index is 12.6. The third-order valence-corrected chi connectivity index (χ3v) is 5.84. The van der Waals surface area contributed by atoms with E-state index in [-0.39, 0.29) is 16.5 Å². The molecular weight excluding hydrogens is 392 g/mol. The normalized spacial score (nSPS) is 13.9. The highest BCUT2D eigenvalue weighted by Crippen LogP contribution is 2.36. The summed E-state index contributed by atoms with van der Waals surface area (Å²) >= 11 is 6.11. The third-order valence-electron chi connectivity index (χ3n) is 4.03. The smallest absolute Gasteiger partial charge is 0.255 e. The molecule has 1 aliphatic rings. The molecule has 0 heterocycles. The molecule has 1 aliphatic carbocycles. The van der Waals surface area contributed by atoms with Crippen LogP contribution in [-0.4, -0.2) is 34.6 Å². The van der Waals surface area contributed by atoms with Gasteiger partial charge in [0, 0.05) is 17.7 Å². The molecule has 27 heavy (non-hydrogen) atoms. The molecule has 144 valence electrons. The van der Waals surface area contributed by atoms with Gasteiger partial charge in [-0.15, -0.1) is 0 Å². The molecule has 9 heteroatoms. The molecule has 0 unspecified atom stereocenters. The molecule has 0 aliphatic heterocycles. The van der Waals surface area contributed by atoms with Gasteiger partial charge in [0.25, 0.3) is 5.91 Å². The van der Waals surface area contributed by atoms with Crippen molar-refractivity contribution in [3.05, 3.63) is 47.0 Å². The number of carbonyl (C=O) groups excluding carboxylic acids is 1. The van der Waals surface area contributed by atoms with Crippen molar-refractivity contribution >= 4 is 33.2 Å². The Kier molecular flexibility index (Phi) is 5.59. The summed E-state index contributed by atoms with van der Waals surface area (Å²) in [6, 6.07) is 8.88.